The van der Waals surface area contributed by atoms with Crippen molar-refractivity contribution < 1.29 is 19.3 Å². The Morgan fingerprint density at radius 2 is 1.88 bits per heavy atom. The maximum Gasteiger partial charge on any atom is 0.270 e. The van der Waals surface area contributed by atoms with Gasteiger partial charge in [-0.2, -0.15) is 5.26 Å². The molecule has 0 saturated carbocycles. The third-order valence-corrected chi connectivity index (χ3v) is 3.78. The van der Waals surface area contributed by atoms with Crippen LogP contribution in [0.2, 0.25) is 0 Å². The Balaban J connectivity index is 1.85. The highest BCUT2D eigenvalue weighted by Crippen LogP contribution is 2.26. The Labute approximate surface area is 146 Å². The van der Waals surface area contributed by atoms with Crippen LogP contribution in [0.25, 0.3) is 0 Å². The summed E-state index contributed by atoms with van der Waals surface area (Å²) in [5.41, 5.74) is 0.341. The number of benzene rings is 2. The number of nitriles is 1. The van der Waals surface area contributed by atoms with Gasteiger partial charge in [0, 0.05) is 23.4 Å². The molecule has 3 rings (SSSR count). The summed E-state index contributed by atoms with van der Waals surface area (Å²) >= 11 is 0. The number of amides is 3. The van der Waals surface area contributed by atoms with Crippen molar-refractivity contribution in [2.75, 3.05) is 11.9 Å². The summed E-state index contributed by atoms with van der Waals surface area (Å²) in [6.45, 7) is -0.359. The summed E-state index contributed by atoms with van der Waals surface area (Å²) in [7, 11) is 0. The van der Waals surface area contributed by atoms with Crippen LogP contribution in [0.3, 0.4) is 0 Å². The Kier molecular flexibility index (Phi) is 4.16. The molecule has 0 spiro atoms. The second-order valence-corrected chi connectivity index (χ2v) is 5.38. The molecule has 128 valence electrons. The lowest BCUT2D eigenvalue weighted by Gasteiger charge is -2.07. The monoisotopic (exact) mass is 350 g/mol. The molecule has 2 aromatic carbocycles. The summed E-state index contributed by atoms with van der Waals surface area (Å²) in [4.78, 5) is 47.5. The van der Waals surface area contributed by atoms with Crippen molar-refractivity contribution in [3.8, 4) is 6.07 Å². The number of non-ortho nitro benzene ring substituents is 1. The number of nitrogens with one attached hydrogen (secondary N) is 1. The van der Waals surface area contributed by atoms with E-state index in [0.717, 1.165) is 11.0 Å². The van der Waals surface area contributed by atoms with E-state index in [-0.39, 0.29) is 34.6 Å². The predicted molar refractivity (Wildman–Crippen MR) is 88.5 cm³/mol. The van der Waals surface area contributed by atoms with E-state index in [4.69, 9.17) is 5.26 Å². The van der Waals surface area contributed by atoms with Crippen LogP contribution in [0.1, 0.15) is 31.1 Å². The highest BCUT2D eigenvalue weighted by molar-refractivity contribution is 6.22. The maximum atomic E-state index is 12.3. The zero-order valence-corrected chi connectivity index (χ0v) is 13.1. The summed E-state index contributed by atoms with van der Waals surface area (Å²) in [6.07, 6.45) is 0. The molecule has 26 heavy (non-hydrogen) atoms. The molecule has 1 heterocycles. The van der Waals surface area contributed by atoms with Gasteiger partial charge in [-0.3, -0.25) is 29.4 Å². The molecule has 1 aliphatic heterocycles. The number of carbonyl (C=O) groups excluding carboxylic acids is 3. The van der Waals surface area contributed by atoms with Crippen LogP contribution in [0.15, 0.2) is 42.5 Å². The number of nitro benzene ring substituents is 1. The van der Waals surface area contributed by atoms with Gasteiger partial charge >= 0.3 is 0 Å². The van der Waals surface area contributed by atoms with Gasteiger partial charge in [-0.15, -0.1) is 0 Å². The summed E-state index contributed by atoms with van der Waals surface area (Å²) in [5, 5.41) is 22.0. The van der Waals surface area contributed by atoms with E-state index < -0.39 is 22.6 Å². The quantitative estimate of drug-likeness (QED) is 0.388. The highest BCUT2D eigenvalue weighted by atomic mass is 16.6. The molecule has 9 heteroatoms. The third kappa shape index (κ3) is 2.87. The maximum absolute atomic E-state index is 12.3. The van der Waals surface area contributed by atoms with Crippen molar-refractivity contribution in [2.24, 2.45) is 0 Å². The van der Waals surface area contributed by atoms with Crippen molar-refractivity contribution in [3.63, 3.8) is 0 Å². The Bertz CT molecular complexity index is 1010. The molecular formula is C17H10N4O5. The topological polar surface area (TPSA) is 133 Å². The number of hydrogen-bond acceptors (Lipinski definition) is 6. The van der Waals surface area contributed by atoms with Crippen molar-refractivity contribution in [1.29, 1.82) is 5.26 Å². The molecule has 0 aliphatic carbocycles. The van der Waals surface area contributed by atoms with Gasteiger partial charge in [-0.25, -0.2) is 0 Å². The second-order valence-electron chi connectivity index (χ2n) is 5.38. The molecule has 3 amide bonds. The van der Waals surface area contributed by atoms with E-state index in [1.807, 2.05) is 0 Å². The van der Waals surface area contributed by atoms with Crippen LogP contribution in [-0.2, 0) is 0 Å². The van der Waals surface area contributed by atoms with Gasteiger partial charge in [0.1, 0.15) is 6.54 Å². The normalized spacial score (nSPS) is 12.5. The van der Waals surface area contributed by atoms with E-state index in [0.29, 0.717) is 0 Å². The van der Waals surface area contributed by atoms with Crippen LogP contribution >= 0.6 is 0 Å². The van der Waals surface area contributed by atoms with E-state index in [1.165, 1.54) is 36.4 Å². The summed E-state index contributed by atoms with van der Waals surface area (Å²) in [6, 6.07) is 11.1. The minimum atomic E-state index is -0.613. The van der Waals surface area contributed by atoms with Crippen molar-refractivity contribution in [3.05, 3.63) is 69.3 Å². The molecule has 0 radical (unpaired) electrons. The molecule has 0 aromatic heterocycles. The first kappa shape index (κ1) is 16.8. The average Bonchev–Trinajstić information content (AvgIpc) is 2.87. The van der Waals surface area contributed by atoms with Crippen molar-refractivity contribution in [1.82, 2.24) is 4.90 Å². The molecular weight excluding hydrogens is 340 g/mol. The number of nitro groups is 1. The minimum absolute atomic E-state index is 0.0770. The SMILES string of the molecule is N#CCN1C(=O)c2ccc(NC(=O)c3cccc([N+](=O)[O-])c3)cc2C1=O. The highest BCUT2D eigenvalue weighted by Gasteiger charge is 2.35. The van der Waals surface area contributed by atoms with Crippen LogP contribution < -0.4 is 5.32 Å². The Morgan fingerprint density at radius 1 is 1.15 bits per heavy atom. The number of anilines is 1. The first-order chi connectivity index (χ1) is 12.4. The van der Waals surface area contributed by atoms with Crippen LogP contribution in [0.5, 0.6) is 0 Å². The van der Waals surface area contributed by atoms with E-state index >= 15 is 0 Å². The van der Waals surface area contributed by atoms with Crippen LogP contribution in [-0.4, -0.2) is 34.1 Å². The van der Waals surface area contributed by atoms with E-state index in [1.54, 1.807) is 6.07 Å². The molecule has 9 nitrogen and oxygen atoms in total. The predicted octanol–water partition coefficient (Wildman–Crippen LogP) is 1.97. The standard InChI is InChI=1S/C17H10N4O5/c18-6-7-20-16(23)13-5-4-11(9-14(13)17(20)24)19-15(22)10-2-1-3-12(8-10)21(25)26/h1-5,8-9H,7H2,(H,19,22). The summed E-state index contributed by atoms with van der Waals surface area (Å²) in [5.74, 6) is -1.78. The Hall–Kier alpha value is -4.06. The van der Waals surface area contributed by atoms with Gasteiger partial charge in [0.25, 0.3) is 23.4 Å². The van der Waals surface area contributed by atoms with Crippen LogP contribution in [0.4, 0.5) is 11.4 Å². The number of imide groups is 1. The van der Waals surface area contributed by atoms with E-state index in [2.05, 4.69) is 5.32 Å². The lowest BCUT2D eigenvalue weighted by atomic mass is 10.1. The lowest BCUT2D eigenvalue weighted by molar-refractivity contribution is -0.384. The van der Waals surface area contributed by atoms with Gasteiger partial charge in [-0.1, -0.05) is 6.07 Å². The molecule has 0 bridgehead atoms. The van der Waals surface area contributed by atoms with Crippen LogP contribution in [0, 0.1) is 21.4 Å². The fourth-order valence-corrected chi connectivity index (χ4v) is 2.55. The Morgan fingerprint density at radius 3 is 2.58 bits per heavy atom. The van der Waals surface area contributed by atoms with Gasteiger partial charge in [0.2, 0.25) is 0 Å². The molecule has 0 fully saturated rings. The summed E-state index contributed by atoms with van der Waals surface area (Å²) < 4.78 is 0. The number of fused-ring (bicyclic) bond motifs is 1. The molecule has 0 atom stereocenters. The second kappa shape index (κ2) is 6.45. The van der Waals surface area contributed by atoms with E-state index in [9.17, 15) is 24.5 Å². The smallest absolute Gasteiger partial charge is 0.270 e. The molecule has 1 aliphatic rings. The van der Waals surface area contributed by atoms with Gasteiger partial charge in [0.05, 0.1) is 22.1 Å². The first-order valence-corrected chi connectivity index (χ1v) is 7.35. The number of nitrogens with zero attached hydrogens (tertiary/aromatic N) is 3. The largest absolute Gasteiger partial charge is 0.322 e. The number of carbonyl (C=O) groups is 3. The third-order valence-electron chi connectivity index (χ3n) is 3.78. The van der Waals surface area contributed by atoms with Gasteiger partial charge in [0.15, 0.2) is 0 Å². The van der Waals surface area contributed by atoms with Crippen molar-refractivity contribution in [2.45, 2.75) is 0 Å². The molecule has 1 N–H and O–H groups in total. The number of hydrogen-bond donors (Lipinski definition) is 1. The van der Waals surface area contributed by atoms with Gasteiger partial charge < -0.3 is 5.32 Å². The van der Waals surface area contributed by atoms with Gasteiger partial charge in [-0.05, 0) is 24.3 Å². The zero-order chi connectivity index (χ0) is 18.8. The molecule has 0 unspecified atom stereocenters. The first-order valence-electron chi connectivity index (χ1n) is 7.35. The molecule has 0 saturated heterocycles. The average molecular weight is 350 g/mol. The minimum Gasteiger partial charge on any atom is -0.322 e. The number of rotatable bonds is 4. The fraction of sp³-hybridized carbons (Fsp3) is 0.0588. The lowest BCUT2D eigenvalue weighted by Crippen LogP contribution is -2.29. The van der Waals surface area contributed by atoms with Crippen molar-refractivity contribution >= 4 is 29.1 Å². The molecule has 2 aromatic rings. The fourth-order valence-electron chi connectivity index (χ4n) is 2.55. The zero-order valence-electron chi connectivity index (χ0n) is 13.1.